The molecule has 1 aromatic rings. The van der Waals surface area contributed by atoms with Gasteiger partial charge in [0.15, 0.2) is 0 Å². The van der Waals surface area contributed by atoms with Crippen molar-refractivity contribution in [2.75, 3.05) is 5.32 Å². The summed E-state index contributed by atoms with van der Waals surface area (Å²) in [5, 5.41) is 11.4. The number of nitrogens with one attached hydrogen (secondary N) is 1. The molecule has 94 valence electrons. The minimum absolute atomic E-state index is 0.317. The maximum atomic E-state index is 12.4. The molecule has 0 aliphatic rings. The number of benzene rings is 1. The van der Waals surface area contributed by atoms with Gasteiger partial charge in [0.05, 0.1) is 17.3 Å². The monoisotopic (exact) mass is 248 g/mol. The van der Waals surface area contributed by atoms with Crippen LogP contribution in [-0.4, -0.2) is 17.1 Å². The second-order valence-electron chi connectivity index (χ2n) is 3.51. The van der Waals surface area contributed by atoms with Crippen LogP contribution in [0.25, 0.3) is 0 Å². The van der Waals surface area contributed by atoms with E-state index in [4.69, 9.17) is 5.73 Å². The fourth-order valence-electron chi connectivity index (χ4n) is 1.06. The van der Waals surface area contributed by atoms with Gasteiger partial charge in [-0.05, 0) is 25.1 Å². The second kappa shape index (κ2) is 4.62. The molecule has 0 spiro atoms. The number of carbonyl (C=O) groups excluding carboxylic acids is 1. The van der Waals surface area contributed by atoms with Crippen molar-refractivity contribution in [3.8, 4) is 5.75 Å². The lowest BCUT2D eigenvalue weighted by Gasteiger charge is -2.12. The molecule has 0 aliphatic heterocycles. The first kappa shape index (κ1) is 13.3. The highest BCUT2D eigenvalue weighted by atomic mass is 19.4. The zero-order valence-electron chi connectivity index (χ0n) is 8.88. The minimum atomic E-state index is -4.54. The van der Waals surface area contributed by atoms with E-state index in [1.54, 1.807) is 0 Å². The molecule has 7 heteroatoms. The Morgan fingerprint density at radius 1 is 1.47 bits per heavy atom. The highest BCUT2D eigenvalue weighted by molar-refractivity contribution is 5.95. The number of hydrogen-bond donors (Lipinski definition) is 3. The molecule has 0 bridgehead atoms. The molecule has 0 heterocycles. The summed E-state index contributed by atoms with van der Waals surface area (Å²) in [6.07, 6.45) is -4.54. The summed E-state index contributed by atoms with van der Waals surface area (Å²) in [6.45, 7) is 1.37. The second-order valence-corrected chi connectivity index (χ2v) is 3.51. The van der Waals surface area contributed by atoms with Crippen molar-refractivity contribution < 1.29 is 23.1 Å². The molecule has 0 aliphatic carbocycles. The highest BCUT2D eigenvalue weighted by Gasteiger charge is 2.31. The number of alkyl halides is 3. The molecule has 0 saturated carbocycles. The first-order valence-electron chi connectivity index (χ1n) is 4.68. The van der Waals surface area contributed by atoms with Crippen LogP contribution in [-0.2, 0) is 11.0 Å². The van der Waals surface area contributed by atoms with Crippen molar-refractivity contribution in [3.63, 3.8) is 0 Å². The van der Waals surface area contributed by atoms with Gasteiger partial charge in [-0.25, -0.2) is 0 Å². The van der Waals surface area contributed by atoms with Gasteiger partial charge in [0, 0.05) is 0 Å². The van der Waals surface area contributed by atoms with E-state index in [1.807, 2.05) is 0 Å². The van der Waals surface area contributed by atoms with Crippen LogP contribution in [0.5, 0.6) is 5.75 Å². The number of carbonyl (C=O) groups is 1. The average Bonchev–Trinajstić information content (AvgIpc) is 2.19. The van der Waals surface area contributed by atoms with Gasteiger partial charge in [-0.1, -0.05) is 0 Å². The predicted octanol–water partition coefficient (Wildman–Crippen LogP) is 1.70. The van der Waals surface area contributed by atoms with Crippen molar-refractivity contribution in [1.29, 1.82) is 0 Å². The van der Waals surface area contributed by atoms with Gasteiger partial charge < -0.3 is 16.2 Å². The number of aromatic hydroxyl groups is 1. The standard InChI is InChI=1S/C10H11F3N2O2/c1-5(14)9(17)15-7-4-6(10(11,12)13)2-3-8(7)16/h2-5,16H,14H2,1H3,(H,15,17)/t5-/m0/s1. The van der Waals surface area contributed by atoms with Crippen molar-refractivity contribution in [2.45, 2.75) is 19.1 Å². The zero-order chi connectivity index (χ0) is 13.2. The lowest BCUT2D eigenvalue weighted by Crippen LogP contribution is -2.32. The molecule has 17 heavy (non-hydrogen) atoms. The largest absolute Gasteiger partial charge is 0.506 e. The van der Waals surface area contributed by atoms with Crippen LogP contribution < -0.4 is 11.1 Å². The van der Waals surface area contributed by atoms with Crippen LogP contribution in [0.3, 0.4) is 0 Å². The molecule has 1 atom stereocenters. The fourth-order valence-corrected chi connectivity index (χ4v) is 1.06. The number of halogens is 3. The van der Waals surface area contributed by atoms with E-state index in [1.165, 1.54) is 6.92 Å². The molecule has 0 saturated heterocycles. The van der Waals surface area contributed by atoms with Gasteiger partial charge in [0.25, 0.3) is 0 Å². The molecule has 0 radical (unpaired) electrons. The Labute approximate surface area is 95.2 Å². The first-order chi connectivity index (χ1) is 7.71. The third kappa shape index (κ3) is 3.35. The van der Waals surface area contributed by atoms with Crippen LogP contribution in [0.1, 0.15) is 12.5 Å². The lowest BCUT2D eigenvalue weighted by atomic mass is 10.1. The average molecular weight is 248 g/mol. The summed E-state index contributed by atoms with van der Waals surface area (Å²) in [5.74, 6) is -1.13. The molecule has 0 aromatic heterocycles. The molecule has 1 amide bonds. The third-order valence-electron chi connectivity index (χ3n) is 2.00. The van der Waals surface area contributed by atoms with E-state index in [9.17, 15) is 23.1 Å². The molecule has 1 aromatic carbocycles. The third-order valence-corrected chi connectivity index (χ3v) is 2.00. The number of anilines is 1. The van der Waals surface area contributed by atoms with Gasteiger partial charge in [-0.15, -0.1) is 0 Å². The van der Waals surface area contributed by atoms with E-state index in [2.05, 4.69) is 5.32 Å². The van der Waals surface area contributed by atoms with Crippen LogP contribution in [0.2, 0.25) is 0 Å². The van der Waals surface area contributed by atoms with Crippen LogP contribution >= 0.6 is 0 Å². The van der Waals surface area contributed by atoms with Crippen molar-refractivity contribution in [1.82, 2.24) is 0 Å². The van der Waals surface area contributed by atoms with Crippen LogP contribution in [0.4, 0.5) is 18.9 Å². The molecule has 4 N–H and O–H groups in total. The Bertz CT molecular complexity index is 430. The van der Waals surface area contributed by atoms with Gasteiger partial charge in [-0.2, -0.15) is 13.2 Å². The summed E-state index contributed by atoms with van der Waals surface area (Å²) in [6, 6.07) is 1.34. The van der Waals surface area contributed by atoms with Crippen molar-refractivity contribution in [2.24, 2.45) is 5.73 Å². The number of rotatable bonds is 2. The Morgan fingerprint density at radius 2 is 2.06 bits per heavy atom. The SMILES string of the molecule is C[C@H](N)C(=O)Nc1cc(C(F)(F)F)ccc1O. The molecule has 1 rings (SSSR count). The predicted molar refractivity (Wildman–Crippen MR) is 55.4 cm³/mol. The molecule has 0 fully saturated rings. The Morgan fingerprint density at radius 3 is 2.53 bits per heavy atom. The van der Waals surface area contributed by atoms with Crippen molar-refractivity contribution >= 4 is 11.6 Å². The summed E-state index contributed by atoms with van der Waals surface area (Å²) >= 11 is 0. The summed E-state index contributed by atoms with van der Waals surface area (Å²) in [5.41, 5.74) is 3.96. The van der Waals surface area contributed by atoms with Crippen molar-refractivity contribution in [3.05, 3.63) is 23.8 Å². The topological polar surface area (TPSA) is 75.4 Å². The Balaban J connectivity index is 3.03. The van der Waals surface area contributed by atoms with Gasteiger partial charge in [0.1, 0.15) is 5.75 Å². The zero-order valence-corrected chi connectivity index (χ0v) is 8.88. The Kier molecular flexibility index (Phi) is 3.62. The maximum absolute atomic E-state index is 12.4. The lowest BCUT2D eigenvalue weighted by molar-refractivity contribution is -0.137. The smallest absolute Gasteiger partial charge is 0.416 e. The number of amides is 1. The number of phenols is 1. The Hall–Kier alpha value is -1.76. The van der Waals surface area contributed by atoms with Crippen LogP contribution in [0.15, 0.2) is 18.2 Å². The first-order valence-corrected chi connectivity index (χ1v) is 4.68. The fraction of sp³-hybridized carbons (Fsp3) is 0.300. The van der Waals surface area contributed by atoms with E-state index in [-0.39, 0.29) is 5.69 Å². The minimum Gasteiger partial charge on any atom is -0.506 e. The van der Waals surface area contributed by atoms with E-state index < -0.39 is 29.4 Å². The van der Waals surface area contributed by atoms with E-state index in [0.29, 0.717) is 6.07 Å². The number of hydrogen-bond acceptors (Lipinski definition) is 3. The van der Waals surface area contributed by atoms with E-state index >= 15 is 0 Å². The molecular weight excluding hydrogens is 237 g/mol. The van der Waals surface area contributed by atoms with Gasteiger partial charge >= 0.3 is 6.18 Å². The van der Waals surface area contributed by atoms with Gasteiger partial charge in [-0.3, -0.25) is 4.79 Å². The highest BCUT2D eigenvalue weighted by Crippen LogP contribution is 2.34. The number of phenolic OH excluding ortho intramolecular Hbond substituents is 1. The van der Waals surface area contributed by atoms with E-state index in [0.717, 1.165) is 12.1 Å². The van der Waals surface area contributed by atoms with Crippen LogP contribution in [0, 0.1) is 0 Å². The molecular formula is C10H11F3N2O2. The van der Waals surface area contributed by atoms with Gasteiger partial charge in [0.2, 0.25) is 5.91 Å². The normalized spacial score (nSPS) is 13.2. The summed E-state index contributed by atoms with van der Waals surface area (Å²) in [7, 11) is 0. The summed E-state index contributed by atoms with van der Waals surface area (Å²) < 4.78 is 37.1. The number of nitrogens with two attached hydrogens (primary N) is 1. The molecule has 4 nitrogen and oxygen atoms in total. The summed E-state index contributed by atoms with van der Waals surface area (Å²) in [4.78, 5) is 11.2. The maximum Gasteiger partial charge on any atom is 0.416 e. The molecule has 0 unspecified atom stereocenters. The quantitative estimate of drug-likeness (QED) is 0.697.